The monoisotopic (exact) mass is 437 g/mol. The highest BCUT2D eigenvalue weighted by Gasteiger charge is 2.35. The average Bonchev–Trinajstić information content (AvgIpc) is 3.02. The maximum absolute atomic E-state index is 15.0. The Morgan fingerprint density at radius 1 is 1.26 bits per heavy atom. The zero-order chi connectivity index (χ0) is 22.5. The lowest BCUT2D eigenvalue weighted by atomic mass is 9.80. The summed E-state index contributed by atoms with van der Waals surface area (Å²) in [5.41, 5.74) is 5.46. The van der Waals surface area contributed by atoms with Crippen LogP contribution in [0, 0.1) is 19.7 Å². The number of nitrogens with zero attached hydrogens (tertiary/aromatic N) is 2. The van der Waals surface area contributed by atoms with Crippen molar-refractivity contribution in [2.45, 2.75) is 52.5 Å². The fourth-order valence-corrected chi connectivity index (χ4v) is 5.20. The number of fused-ring (bicyclic) bond motifs is 1. The van der Waals surface area contributed by atoms with Gasteiger partial charge in [0.25, 0.3) is 5.91 Å². The fraction of sp³-hybridized carbons (Fsp3) is 0.360. The summed E-state index contributed by atoms with van der Waals surface area (Å²) >= 11 is 1.24. The van der Waals surface area contributed by atoms with Gasteiger partial charge in [0.15, 0.2) is 5.17 Å². The first-order valence-electron chi connectivity index (χ1n) is 10.5. The molecule has 1 unspecified atom stereocenters. The van der Waals surface area contributed by atoms with E-state index < -0.39 is 0 Å². The van der Waals surface area contributed by atoms with Crippen LogP contribution in [-0.2, 0) is 4.79 Å². The van der Waals surface area contributed by atoms with E-state index in [-0.39, 0.29) is 17.3 Å². The van der Waals surface area contributed by atoms with E-state index in [4.69, 9.17) is 0 Å². The first-order valence-corrected chi connectivity index (χ1v) is 11.3. The first-order chi connectivity index (χ1) is 14.5. The predicted octanol–water partition coefficient (Wildman–Crippen LogP) is 6.06. The molecule has 6 heteroatoms. The van der Waals surface area contributed by atoms with Crippen molar-refractivity contribution in [3.63, 3.8) is 0 Å². The molecular formula is C25H28FN3OS. The molecule has 162 valence electrons. The third-order valence-electron chi connectivity index (χ3n) is 6.26. The van der Waals surface area contributed by atoms with Crippen LogP contribution in [0.4, 0.5) is 15.8 Å². The molecular weight excluding hydrogens is 409 g/mol. The number of nitrogens with one attached hydrogen (secondary N) is 1. The molecule has 0 aliphatic carbocycles. The van der Waals surface area contributed by atoms with Crippen molar-refractivity contribution in [2.75, 3.05) is 11.9 Å². The van der Waals surface area contributed by atoms with E-state index in [1.54, 1.807) is 12.1 Å². The number of carbonyl (C=O) groups excluding carboxylic acids is 1. The van der Waals surface area contributed by atoms with Gasteiger partial charge in [-0.05, 0) is 87.2 Å². The summed E-state index contributed by atoms with van der Waals surface area (Å²) in [5, 5.41) is 3.31. The third-order valence-corrected chi connectivity index (χ3v) is 7.17. The van der Waals surface area contributed by atoms with Crippen LogP contribution in [0.25, 0.3) is 6.08 Å². The Labute approximate surface area is 187 Å². The molecule has 0 aromatic heterocycles. The maximum Gasteiger partial charge on any atom is 0.264 e. The van der Waals surface area contributed by atoms with Gasteiger partial charge in [0.2, 0.25) is 0 Å². The van der Waals surface area contributed by atoms with Gasteiger partial charge < -0.3 is 10.2 Å². The predicted molar refractivity (Wildman–Crippen MR) is 129 cm³/mol. The van der Waals surface area contributed by atoms with Crippen LogP contribution in [0.15, 0.2) is 40.2 Å². The minimum atomic E-state index is -0.323. The highest BCUT2D eigenvalue weighted by atomic mass is 32.2. The molecule has 2 aromatic carbocycles. The van der Waals surface area contributed by atoms with Gasteiger partial charge in [0.05, 0.1) is 10.6 Å². The van der Waals surface area contributed by atoms with Gasteiger partial charge in [-0.25, -0.2) is 9.38 Å². The van der Waals surface area contributed by atoms with Crippen molar-refractivity contribution < 1.29 is 9.18 Å². The lowest BCUT2D eigenvalue weighted by molar-refractivity contribution is -0.115. The standard InChI is InChI=1S/C25H28FN3OS/c1-14-7-8-20(15(2)9-14)27-24-28-23(30)22(31-24)11-17-10-18-16(3)13-25(4,5)29(6)21(18)12-19(17)26/h7-12,16H,13H2,1-6H3,(H,27,28,30)/b22-11+. The molecule has 1 atom stereocenters. The highest BCUT2D eigenvalue weighted by Crippen LogP contribution is 2.43. The molecule has 1 N–H and O–H groups in total. The Morgan fingerprint density at radius 2 is 2.00 bits per heavy atom. The van der Waals surface area contributed by atoms with Gasteiger partial charge in [-0.1, -0.05) is 24.6 Å². The minimum absolute atomic E-state index is 0.0283. The van der Waals surface area contributed by atoms with Gasteiger partial charge >= 0.3 is 0 Å². The molecule has 31 heavy (non-hydrogen) atoms. The summed E-state index contributed by atoms with van der Waals surface area (Å²) in [6.45, 7) is 10.6. The van der Waals surface area contributed by atoms with Gasteiger partial charge in [0, 0.05) is 23.8 Å². The zero-order valence-electron chi connectivity index (χ0n) is 18.8. The lowest BCUT2D eigenvalue weighted by Crippen LogP contribution is -2.45. The maximum atomic E-state index is 15.0. The van der Waals surface area contributed by atoms with Crippen LogP contribution in [0.5, 0.6) is 0 Å². The van der Waals surface area contributed by atoms with Gasteiger partial charge in [-0.2, -0.15) is 0 Å². The Morgan fingerprint density at radius 3 is 2.71 bits per heavy atom. The molecule has 0 spiro atoms. The average molecular weight is 438 g/mol. The SMILES string of the molecule is Cc1ccc(N=C2NC(=O)/C(=C\c3cc4c(cc3F)N(C)C(C)(C)CC4C)S2)c(C)c1. The van der Waals surface area contributed by atoms with Gasteiger partial charge in [-0.3, -0.25) is 4.79 Å². The molecule has 2 heterocycles. The van der Waals surface area contributed by atoms with E-state index in [1.165, 1.54) is 11.8 Å². The number of amidine groups is 1. The number of hydrogen-bond acceptors (Lipinski definition) is 4. The Kier molecular flexibility index (Phi) is 5.46. The van der Waals surface area contributed by atoms with Crippen LogP contribution in [-0.4, -0.2) is 23.7 Å². The normalized spacial score (nSPS) is 22.7. The molecule has 1 amide bonds. The Balaban J connectivity index is 1.66. The smallest absolute Gasteiger partial charge is 0.264 e. The number of hydrogen-bond donors (Lipinski definition) is 1. The zero-order valence-corrected chi connectivity index (χ0v) is 19.7. The lowest BCUT2D eigenvalue weighted by Gasteiger charge is -2.45. The topological polar surface area (TPSA) is 44.7 Å². The van der Waals surface area contributed by atoms with Crippen LogP contribution < -0.4 is 10.2 Å². The third kappa shape index (κ3) is 4.13. The number of anilines is 1. The summed E-state index contributed by atoms with van der Waals surface area (Å²) < 4.78 is 15.0. The number of aryl methyl sites for hydroxylation is 2. The van der Waals surface area contributed by atoms with Crippen molar-refractivity contribution in [1.82, 2.24) is 5.32 Å². The summed E-state index contributed by atoms with van der Waals surface area (Å²) in [4.78, 5) is 19.7. The van der Waals surface area contributed by atoms with Crippen LogP contribution in [0.2, 0.25) is 0 Å². The second kappa shape index (κ2) is 7.83. The number of aliphatic imine (C=N–C) groups is 1. The second-order valence-corrected chi connectivity index (χ2v) is 10.2. The van der Waals surface area contributed by atoms with E-state index in [0.717, 1.165) is 34.5 Å². The fourth-order valence-electron chi connectivity index (χ4n) is 4.38. The van der Waals surface area contributed by atoms with E-state index >= 15 is 4.39 Å². The van der Waals surface area contributed by atoms with Crippen LogP contribution >= 0.6 is 11.8 Å². The molecule has 1 fully saturated rings. The first kappa shape index (κ1) is 21.6. The number of amides is 1. The summed E-state index contributed by atoms with van der Waals surface area (Å²) in [7, 11) is 2.01. The summed E-state index contributed by atoms with van der Waals surface area (Å²) in [6.07, 6.45) is 2.62. The molecule has 4 nitrogen and oxygen atoms in total. The molecule has 2 aliphatic rings. The van der Waals surface area contributed by atoms with E-state index in [9.17, 15) is 4.79 Å². The molecule has 0 saturated carbocycles. The van der Waals surface area contributed by atoms with Crippen LogP contribution in [0.3, 0.4) is 0 Å². The highest BCUT2D eigenvalue weighted by molar-refractivity contribution is 8.18. The number of halogens is 1. The summed E-state index contributed by atoms with van der Waals surface area (Å²) in [5.74, 6) is -0.265. The molecule has 1 saturated heterocycles. The van der Waals surface area contributed by atoms with E-state index in [2.05, 4.69) is 42.0 Å². The Hall–Kier alpha value is -2.60. The number of thioether (sulfide) groups is 1. The van der Waals surface area contributed by atoms with Crippen molar-refractivity contribution in [3.05, 3.63) is 63.3 Å². The number of rotatable bonds is 2. The molecule has 2 aromatic rings. The van der Waals surface area contributed by atoms with Gasteiger partial charge in [0.1, 0.15) is 5.82 Å². The number of benzene rings is 2. The molecule has 4 rings (SSSR count). The molecule has 2 aliphatic heterocycles. The second-order valence-electron chi connectivity index (χ2n) is 9.18. The minimum Gasteiger partial charge on any atom is -0.369 e. The molecule has 0 bridgehead atoms. The van der Waals surface area contributed by atoms with Crippen LogP contribution in [0.1, 0.15) is 55.4 Å². The largest absolute Gasteiger partial charge is 0.369 e. The van der Waals surface area contributed by atoms with Crippen molar-refractivity contribution in [3.8, 4) is 0 Å². The van der Waals surface area contributed by atoms with Crippen molar-refractivity contribution >= 4 is 40.3 Å². The van der Waals surface area contributed by atoms with Crippen molar-refractivity contribution in [1.29, 1.82) is 0 Å². The molecule has 0 radical (unpaired) electrons. The number of carbonyl (C=O) groups is 1. The Bertz CT molecular complexity index is 1140. The van der Waals surface area contributed by atoms with E-state index in [0.29, 0.717) is 21.6 Å². The van der Waals surface area contributed by atoms with Gasteiger partial charge in [-0.15, -0.1) is 0 Å². The summed E-state index contributed by atoms with van der Waals surface area (Å²) in [6, 6.07) is 9.48. The van der Waals surface area contributed by atoms with Crippen molar-refractivity contribution in [2.24, 2.45) is 4.99 Å². The van der Waals surface area contributed by atoms with E-state index in [1.807, 2.05) is 39.1 Å². The quantitative estimate of drug-likeness (QED) is 0.581.